The van der Waals surface area contributed by atoms with Gasteiger partial charge in [0.1, 0.15) is 12.4 Å². The normalized spacial score (nSPS) is 12.3. The molecule has 1 heterocycles. The molecule has 1 aliphatic heterocycles. The summed E-state index contributed by atoms with van der Waals surface area (Å²) in [6.45, 7) is 1.03. The fraction of sp³-hybridized carbons (Fsp3) is 0.219. The van der Waals surface area contributed by atoms with Gasteiger partial charge in [0.2, 0.25) is 5.91 Å². The summed E-state index contributed by atoms with van der Waals surface area (Å²) < 4.78 is 0. The van der Waals surface area contributed by atoms with Gasteiger partial charge in [-0.3, -0.25) is 15.0 Å². The molecule has 0 aliphatic carbocycles. The van der Waals surface area contributed by atoms with Crippen molar-refractivity contribution in [2.75, 3.05) is 22.9 Å². The summed E-state index contributed by atoms with van der Waals surface area (Å²) in [4.78, 5) is 28.7. The van der Waals surface area contributed by atoms with Crippen LogP contribution in [0.1, 0.15) is 35.1 Å². The number of nitrogens with two attached hydrogens (primary N) is 1. The smallest absolute Gasteiger partial charge is 0.323 e. The minimum atomic E-state index is -0.887. The number of rotatable bonds is 9. The minimum Gasteiger partial charge on any atom is -0.480 e. The van der Waals surface area contributed by atoms with E-state index < -0.39 is 5.97 Å². The van der Waals surface area contributed by atoms with Crippen molar-refractivity contribution < 1.29 is 14.7 Å². The van der Waals surface area contributed by atoms with Crippen LogP contribution >= 0.6 is 12.4 Å². The molecule has 4 aromatic rings. The number of nitrogens with one attached hydrogen (secondary N) is 1. The Morgan fingerprint density at radius 2 is 1.65 bits per heavy atom. The lowest BCUT2D eigenvalue weighted by atomic mass is 9.99. The Hall–Kier alpha value is -4.36. The number of nitrogens with zero attached hydrogens (tertiary/aromatic N) is 2. The molecule has 0 radical (unpaired) electrons. The van der Waals surface area contributed by atoms with Crippen LogP contribution in [-0.4, -0.2) is 35.9 Å². The molecule has 0 saturated carbocycles. The summed E-state index contributed by atoms with van der Waals surface area (Å²) in [6.07, 6.45) is 2.70. The Balaban J connectivity index is 0.00000370. The van der Waals surface area contributed by atoms with E-state index in [4.69, 9.17) is 11.1 Å². The highest BCUT2D eigenvalue weighted by molar-refractivity contribution is 5.96. The predicted molar refractivity (Wildman–Crippen MR) is 163 cm³/mol. The van der Waals surface area contributed by atoms with Crippen LogP contribution in [0.2, 0.25) is 0 Å². The number of carbonyl (C=O) groups excluding carboxylic acids is 1. The van der Waals surface area contributed by atoms with Gasteiger partial charge in [0.25, 0.3) is 0 Å². The molecule has 5 rings (SSSR count). The summed E-state index contributed by atoms with van der Waals surface area (Å²) in [7, 11) is 0. The van der Waals surface area contributed by atoms with Gasteiger partial charge in [0, 0.05) is 36.4 Å². The molecular weight excluding hydrogens is 524 g/mol. The first-order chi connectivity index (χ1) is 18.9. The number of halogens is 1. The van der Waals surface area contributed by atoms with Crippen LogP contribution < -0.4 is 15.5 Å². The number of nitrogen functional groups attached to an aromatic ring is 1. The van der Waals surface area contributed by atoms with E-state index in [0.717, 1.165) is 51.7 Å². The molecule has 4 N–H and O–H groups in total. The molecule has 0 fully saturated rings. The highest BCUT2D eigenvalue weighted by Crippen LogP contribution is 2.32. The second-order valence-corrected chi connectivity index (χ2v) is 10.0. The monoisotopic (exact) mass is 556 g/mol. The molecule has 0 unspecified atom stereocenters. The molecule has 0 saturated heterocycles. The topological polar surface area (TPSA) is 111 Å². The van der Waals surface area contributed by atoms with Crippen molar-refractivity contribution in [1.29, 1.82) is 5.41 Å². The summed E-state index contributed by atoms with van der Waals surface area (Å²) in [5.74, 6) is -0.791. The van der Waals surface area contributed by atoms with Crippen molar-refractivity contribution in [3.05, 3.63) is 107 Å². The number of benzene rings is 4. The number of amidine groups is 1. The Morgan fingerprint density at radius 1 is 0.925 bits per heavy atom. The van der Waals surface area contributed by atoms with Gasteiger partial charge in [-0.2, -0.15) is 0 Å². The Bertz CT molecular complexity index is 1540. The van der Waals surface area contributed by atoms with Gasteiger partial charge in [0.15, 0.2) is 0 Å². The van der Waals surface area contributed by atoms with Crippen LogP contribution in [0.5, 0.6) is 0 Å². The Kier molecular flexibility index (Phi) is 9.07. The predicted octanol–water partition coefficient (Wildman–Crippen LogP) is 5.55. The summed E-state index contributed by atoms with van der Waals surface area (Å²) in [5, 5.41) is 19.4. The SMILES string of the molecule is Cl.N=C(N)c1ccc(CCC(=O)N2CCCc3cc(N(CC(=O)O)Cc4ccc5ccccc5c4)ccc32)cc1. The maximum atomic E-state index is 13.2. The average Bonchev–Trinajstić information content (AvgIpc) is 2.95. The molecule has 0 aromatic heterocycles. The van der Waals surface area contributed by atoms with Crippen LogP contribution in [-0.2, 0) is 29.0 Å². The number of fused-ring (bicyclic) bond motifs is 2. The molecular formula is C32H33ClN4O3. The molecule has 40 heavy (non-hydrogen) atoms. The number of carbonyl (C=O) groups is 2. The van der Waals surface area contributed by atoms with Crippen LogP contribution in [0.25, 0.3) is 10.8 Å². The van der Waals surface area contributed by atoms with E-state index in [2.05, 4.69) is 24.3 Å². The number of aryl methyl sites for hydroxylation is 2. The standard InChI is InChI=1S/C32H32N4O3.ClH/c33-32(34)25-12-7-22(8-13-25)10-16-30(37)36-17-3-6-27-19-28(14-15-29(27)36)35(21-31(38)39)20-23-9-11-24-4-1-2-5-26(24)18-23;/h1-2,4-5,7-9,11-15,18-19H,3,6,10,16-17,20-21H2,(H3,33,34)(H,38,39);1H. The van der Waals surface area contributed by atoms with E-state index in [9.17, 15) is 14.7 Å². The van der Waals surface area contributed by atoms with E-state index in [1.54, 1.807) is 12.1 Å². The van der Waals surface area contributed by atoms with Gasteiger partial charge in [0.05, 0.1) is 0 Å². The van der Waals surface area contributed by atoms with Gasteiger partial charge >= 0.3 is 5.97 Å². The van der Waals surface area contributed by atoms with Crippen molar-refractivity contribution in [3.63, 3.8) is 0 Å². The van der Waals surface area contributed by atoms with Crippen molar-refractivity contribution >= 4 is 52.3 Å². The van der Waals surface area contributed by atoms with Crippen molar-refractivity contribution in [3.8, 4) is 0 Å². The van der Waals surface area contributed by atoms with Gasteiger partial charge in [-0.05, 0) is 71.0 Å². The third kappa shape index (κ3) is 6.61. The maximum Gasteiger partial charge on any atom is 0.323 e. The zero-order valence-corrected chi connectivity index (χ0v) is 23.0. The Labute approximate surface area is 240 Å². The number of anilines is 2. The van der Waals surface area contributed by atoms with Crippen LogP contribution in [0.15, 0.2) is 84.9 Å². The number of aliphatic carboxylic acids is 1. The molecule has 7 nitrogen and oxygen atoms in total. The average molecular weight is 557 g/mol. The highest BCUT2D eigenvalue weighted by Gasteiger charge is 2.24. The zero-order valence-electron chi connectivity index (χ0n) is 22.2. The van der Waals surface area contributed by atoms with Gasteiger partial charge in [-0.1, -0.05) is 60.7 Å². The van der Waals surface area contributed by atoms with Crippen LogP contribution in [0, 0.1) is 5.41 Å². The summed E-state index contributed by atoms with van der Waals surface area (Å²) in [6, 6.07) is 27.7. The quantitative estimate of drug-likeness (QED) is 0.185. The van der Waals surface area contributed by atoms with Crippen molar-refractivity contribution in [2.45, 2.75) is 32.2 Å². The lowest BCUT2D eigenvalue weighted by Crippen LogP contribution is -2.36. The number of amides is 1. The van der Waals surface area contributed by atoms with Gasteiger partial charge in [-0.15, -0.1) is 12.4 Å². The number of carboxylic acids is 1. The first-order valence-electron chi connectivity index (χ1n) is 13.2. The molecule has 8 heteroatoms. The summed E-state index contributed by atoms with van der Waals surface area (Å²) in [5.41, 5.74) is 11.1. The molecule has 206 valence electrons. The fourth-order valence-corrected chi connectivity index (χ4v) is 5.24. The second kappa shape index (κ2) is 12.7. The number of hydrogen-bond acceptors (Lipinski definition) is 4. The van der Waals surface area contributed by atoms with E-state index in [0.29, 0.717) is 31.5 Å². The highest BCUT2D eigenvalue weighted by atomic mass is 35.5. The van der Waals surface area contributed by atoms with E-state index in [1.807, 2.05) is 58.3 Å². The van der Waals surface area contributed by atoms with E-state index in [1.165, 1.54) is 0 Å². The summed E-state index contributed by atoms with van der Waals surface area (Å²) >= 11 is 0. The molecule has 0 atom stereocenters. The first kappa shape index (κ1) is 28.6. The lowest BCUT2D eigenvalue weighted by Gasteiger charge is -2.31. The molecule has 1 aliphatic rings. The zero-order chi connectivity index (χ0) is 27.4. The van der Waals surface area contributed by atoms with Crippen molar-refractivity contribution in [1.82, 2.24) is 0 Å². The second-order valence-electron chi connectivity index (χ2n) is 10.0. The largest absolute Gasteiger partial charge is 0.480 e. The molecule has 0 bridgehead atoms. The number of hydrogen-bond donors (Lipinski definition) is 3. The molecule has 1 amide bonds. The molecule has 4 aromatic carbocycles. The van der Waals surface area contributed by atoms with Crippen LogP contribution in [0.4, 0.5) is 11.4 Å². The van der Waals surface area contributed by atoms with E-state index in [-0.39, 0.29) is 30.7 Å². The third-order valence-corrected chi connectivity index (χ3v) is 7.25. The van der Waals surface area contributed by atoms with Gasteiger partial charge < -0.3 is 20.6 Å². The minimum absolute atomic E-state index is 0. The van der Waals surface area contributed by atoms with Crippen LogP contribution in [0.3, 0.4) is 0 Å². The number of carboxylic acid groups (broad SMARTS) is 1. The van der Waals surface area contributed by atoms with Crippen molar-refractivity contribution in [2.24, 2.45) is 5.73 Å². The van der Waals surface area contributed by atoms with E-state index >= 15 is 0 Å². The fourth-order valence-electron chi connectivity index (χ4n) is 5.24. The lowest BCUT2D eigenvalue weighted by molar-refractivity contribution is -0.135. The third-order valence-electron chi connectivity index (χ3n) is 7.25. The first-order valence-corrected chi connectivity index (χ1v) is 13.2. The molecule has 0 spiro atoms. The van der Waals surface area contributed by atoms with Gasteiger partial charge in [-0.25, -0.2) is 0 Å². The maximum absolute atomic E-state index is 13.2. The Morgan fingerprint density at radius 3 is 2.38 bits per heavy atom.